The number of aromatic nitrogens is 3. The number of carbonyl (C=O) groups excluding carboxylic acids is 2. The van der Waals surface area contributed by atoms with Crippen LogP contribution in [0.2, 0.25) is 0 Å². The number of anilines is 2. The zero-order valence-electron chi connectivity index (χ0n) is 16.5. The number of nitrogens with one attached hydrogen (secondary N) is 3. The van der Waals surface area contributed by atoms with Gasteiger partial charge in [-0.15, -0.1) is 5.10 Å². The van der Waals surface area contributed by atoms with Gasteiger partial charge >= 0.3 is 0 Å². The van der Waals surface area contributed by atoms with E-state index < -0.39 is 10.8 Å². The Kier molecular flexibility index (Phi) is 6.82. The van der Waals surface area contributed by atoms with E-state index in [9.17, 15) is 19.7 Å². The summed E-state index contributed by atoms with van der Waals surface area (Å²) in [6, 6.07) is 11.2. The Balaban J connectivity index is 1.60. The first-order valence-corrected chi connectivity index (χ1v) is 9.90. The maximum atomic E-state index is 12.2. The number of benzene rings is 2. The number of hydrogen-bond acceptors (Lipinski definition) is 8. The predicted molar refractivity (Wildman–Crippen MR) is 115 cm³/mol. The van der Waals surface area contributed by atoms with Crippen LogP contribution in [0, 0.1) is 10.1 Å². The van der Waals surface area contributed by atoms with Crippen molar-refractivity contribution >= 4 is 40.6 Å². The summed E-state index contributed by atoms with van der Waals surface area (Å²) in [4.78, 5) is 38.3. The minimum absolute atomic E-state index is 0.0397. The lowest BCUT2D eigenvalue weighted by molar-refractivity contribution is -0.384. The summed E-state index contributed by atoms with van der Waals surface area (Å²) < 4.78 is 4.97. The molecule has 31 heavy (non-hydrogen) atoms. The van der Waals surface area contributed by atoms with Crippen LogP contribution in [0.5, 0.6) is 5.75 Å². The van der Waals surface area contributed by atoms with Gasteiger partial charge in [0.2, 0.25) is 17.0 Å². The van der Waals surface area contributed by atoms with Gasteiger partial charge in [-0.05, 0) is 36.4 Å². The highest BCUT2D eigenvalue weighted by Crippen LogP contribution is 2.29. The molecule has 2 aromatic carbocycles. The van der Waals surface area contributed by atoms with Crippen LogP contribution in [0.4, 0.5) is 17.1 Å². The van der Waals surface area contributed by atoms with Crippen LogP contribution in [-0.2, 0) is 9.59 Å². The number of H-pyrrole nitrogens is 1. The van der Waals surface area contributed by atoms with Gasteiger partial charge in [0.25, 0.3) is 5.69 Å². The van der Waals surface area contributed by atoms with Crippen molar-refractivity contribution in [3.05, 3.63) is 52.6 Å². The van der Waals surface area contributed by atoms with Crippen molar-refractivity contribution in [1.29, 1.82) is 0 Å². The second-order valence-electron chi connectivity index (χ2n) is 6.20. The number of nitrogens with zero attached hydrogens (tertiary/aromatic N) is 3. The Morgan fingerprint density at radius 2 is 1.94 bits per heavy atom. The molecule has 3 rings (SSSR count). The minimum atomic E-state index is -0.593. The van der Waals surface area contributed by atoms with Crippen molar-refractivity contribution in [2.45, 2.75) is 12.1 Å². The van der Waals surface area contributed by atoms with E-state index >= 15 is 0 Å². The maximum absolute atomic E-state index is 12.2. The summed E-state index contributed by atoms with van der Waals surface area (Å²) in [5, 5.41) is 23.6. The van der Waals surface area contributed by atoms with Crippen molar-refractivity contribution in [2.24, 2.45) is 0 Å². The summed E-state index contributed by atoms with van der Waals surface area (Å²) in [5.74, 6) is 0.177. The van der Waals surface area contributed by atoms with Gasteiger partial charge in [0.15, 0.2) is 5.82 Å². The quantitative estimate of drug-likeness (QED) is 0.273. The van der Waals surface area contributed by atoms with Gasteiger partial charge in [-0.25, -0.2) is 4.98 Å². The molecule has 2 amide bonds. The molecule has 0 aliphatic carbocycles. The van der Waals surface area contributed by atoms with E-state index in [4.69, 9.17) is 4.74 Å². The number of thioether (sulfide) groups is 1. The molecule has 3 N–H and O–H groups in total. The van der Waals surface area contributed by atoms with Crippen LogP contribution < -0.4 is 15.4 Å². The van der Waals surface area contributed by atoms with E-state index in [0.29, 0.717) is 22.4 Å². The first kappa shape index (κ1) is 21.8. The van der Waals surface area contributed by atoms with E-state index in [1.165, 1.54) is 32.2 Å². The smallest absolute Gasteiger partial charge is 0.296 e. The molecule has 0 unspecified atom stereocenters. The molecule has 0 saturated carbocycles. The molecule has 0 fully saturated rings. The number of nitro benzene ring substituents is 1. The lowest BCUT2D eigenvalue weighted by Gasteiger charge is -2.06. The second kappa shape index (κ2) is 9.71. The van der Waals surface area contributed by atoms with Crippen LogP contribution >= 0.6 is 11.8 Å². The van der Waals surface area contributed by atoms with Crippen LogP contribution in [0.3, 0.4) is 0 Å². The van der Waals surface area contributed by atoms with E-state index in [1.807, 2.05) is 0 Å². The van der Waals surface area contributed by atoms with Crippen molar-refractivity contribution < 1.29 is 19.2 Å². The Hall–Kier alpha value is -3.93. The van der Waals surface area contributed by atoms with E-state index in [1.54, 1.807) is 24.3 Å². The highest BCUT2D eigenvalue weighted by atomic mass is 32.2. The molecule has 0 bridgehead atoms. The average molecular weight is 442 g/mol. The number of nitro groups is 1. The molecule has 1 heterocycles. The lowest BCUT2D eigenvalue weighted by atomic mass is 10.2. The Bertz CT molecular complexity index is 1120. The zero-order valence-corrected chi connectivity index (χ0v) is 17.4. The number of amides is 2. The topological polar surface area (TPSA) is 152 Å². The van der Waals surface area contributed by atoms with Gasteiger partial charge < -0.3 is 15.4 Å². The fraction of sp³-hybridized carbons (Fsp3) is 0.158. The van der Waals surface area contributed by atoms with Crippen molar-refractivity contribution in [3.8, 4) is 17.1 Å². The van der Waals surface area contributed by atoms with Crippen LogP contribution in [0.15, 0.2) is 47.6 Å². The first-order valence-electron chi connectivity index (χ1n) is 8.91. The molecule has 0 atom stereocenters. The summed E-state index contributed by atoms with van der Waals surface area (Å²) in [6.45, 7) is 1.43. The number of methoxy groups -OCH3 is 1. The third kappa shape index (κ3) is 5.79. The molecule has 0 radical (unpaired) electrons. The number of hydrogen-bond donors (Lipinski definition) is 3. The molecule has 0 aliphatic heterocycles. The number of aromatic amines is 1. The van der Waals surface area contributed by atoms with Gasteiger partial charge in [0.1, 0.15) is 11.4 Å². The maximum Gasteiger partial charge on any atom is 0.296 e. The lowest BCUT2D eigenvalue weighted by Crippen LogP contribution is -2.15. The number of ether oxygens (including phenoxy) is 1. The third-order valence-electron chi connectivity index (χ3n) is 3.95. The van der Waals surface area contributed by atoms with Gasteiger partial charge in [-0.3, -0.25) is 24.8 Å². The van der Waals surface area contributed by atoms with E-state index in [0.717, 1.165) is 17.3 Å². The predicted octanol–water partition coefficient (Wildman–Crippen LogP) is 3.08. The summed E-state index contributed by atoms with van der Waals surface area (Å²) in [7, 11) is 1.40. The third-order valence-corrected chi connectivity index (χ3v) is 4.80. The van der Waals surface area contributed by atoms with Crippen molar-refractivity contribution in [1.82, 2.24) is 15.2 Å². The van der Waals surface area contributed by atoms with E-state index in [2.05, 4.69) is 25.8 Å². The summed E-state index contributed by atoms with van der Waals surface area (Å²) in [6.07, 6.45) is 0. The fourth-order valence-corrected chi connectivity index (χ4v) is 3.16. The Morgan fingerprint density at radius 1 is 1.19 bits per heavy atom. The molecule has 0 saturated heterocycles. The average Bonchev–Trinajstić information content (AvgIpc) is 3.21. The summed E-state index contributed by atoms with van der Waals surface area (Å²) in [5.41, 5.74) is 1.23. The SMILES string of the molecule is COc1ccc(NC(=O)CSc2n[nH]c(-c3ccc(NC(C)=O)cc3)n2)c([N+](=O)[O-])c1. The molecule has 0 spiro atoms. The number of rotatable bonds is 8. The van der Waals surface area contributed by atoms with Gasteiger partial charge in [-0.2, -0.15) is 0 Å². The Morgan fingerprint density at radius 3 is 2.58 bits per heavy atom. The molecule has 1 aromatic heterocycles. The van der Waals surface area contributed by atoms with Crippen LogP contribution in [0.25, 0.3) is 11.4 Å². The minimum Gasteiger partial charge on any atom is -0.496 e. The molecule has 3 aromatic rings. The fourth-order valence-electron chi connectivity index (χ4n) is 2.57. The zero-order chi connectivity index (χ0) is 22.4. The van der Waals surface area contributed by atoms with Gasteiger partial charge in [0, 0.05) is 18.2 Å². The highest BCUT2D eigenvalue weighted by molar-refractivity contribution is 7.99. The van der Waals surface area contributed by atoms with Crippen molar-refractivity contribution in [3.63, 3.8) is 0 Å². The standard InChI is InChI=1S/C19H18N6O5S/c1-11(26)20-13-5-3-12(4-6-13)18-22-19(24-23-18)31-10-17(27)21-15-8-7-14(30-2)9-16(15)25(28)29/h3-9H,10H2,1-2H3,(H,20,26)(H,21,27)(H,22,23,24). The normalized spacial score (nSPS) is 10.4. The highest BCUT2D eigenvalue weighted by Gasteiger charge is 2.18. The number of carbonyl (C=O) groups is 2. The van der Waals surface area contributed by atoms with Crippen molar-refractivity contribution in [2.75, 3.05) is 23.5 Å². The first-order chi connectivity index (χ1) is 14.9. The Labute approximate surface area is 180 Å². The summed E-state index contributed by atoms with van der Waals surface area (Å²) >= 11 is 1.08. The molecule has 160 valence electrons. The molecule has 11 nitrogen and oxygen atoms in total. The van der Waals surface area contributed by atoms with Crippen LogP contribution in [-0.4, -0.2) is 44.8 Å². The monoisotopic (exact) mass is 442 g/mol. The van der Waals surface area contributed by atoms with E-state index in [-0.39, 0.29) is 23.0 Å². The largest absolute Gasteiger partial charge is 0.496 e. The van der Waals surface area contributed by atoms with Gasteiger partial charge in [0.05, 0.1) is 23.9 Å². The molecular weight excluding hydrogens is 424 g/mol. The van der Waals surface area contributed by atoms with Gasteiger partial charge in [-0.1, -0.05) is 11.8 Å². The molecule has 12 heteroatoms. The molecule has 0 aliphatic rings. The molecular formula is C19H18N6O5S. The second-order valence-corrected chi connectivity index (χ2v) is 7.14. The van der Waals surface area contributed by atoms with Crippen LogP contribution in [0.1, 0.15) is 6.92 Å².